The Bertz CT molecular complexity index is 548. The summed E-state index contributed by atoms with van der Waals surface area (Å²) in [6.07, 6.45) is 0.306. The second kappa shape index (κ2) is 8.40. The number of rotatable bonds is 5. The number of benzene rings is 1. The molecule has 0 fully saturated rings. The van der Waals surface area contributed by atoms with Crippen molar-refractivity contribution in [2.75, 3.05) is 27.4 Å². The van der Waals surface area contributed by atoms with E-state index in [1.165, 1.54) is 23.1 Å². The standard InChI is InChI=1S/C16H20FNO3/c1-12(11-21-3)18(2)16(20)15-10-14(17)8-7-13(15)6-4-5-9-19/h7-8,10,12,19H,5,9,11H2,1-3H3. The number of nitrogens with zero attached hydrogens (tertiary/aromatic N) is 1. The molecule has 0 aromatic heterocycles. The van der Waals surface area contributed by atoms with Crippen LogP contribution in [0.4, 0.5) is 4.39 Å². The van der Waals surface area contributed by atoms with Crippen LogP contribution in [0.1, 0.15) is 29.3 Å². The molecule has 1 atom stereocenters. The summed E-state index contributed by atoms with van der Waals surface area (Å²) in [5, 5.41) is 8.74. The average Bonchev–Trinajstić information content (AvgIpc) is 2.47. The maximum atomic E-state index is 13.4. The number of halogens is 1. The fourth-order valence-corrected chi connectivity index (χ4v) is 1.76. The van der Waals surface area contributed by atoms with Gasteiger partial charge in [-0.3, -0.25) is 4.79 Å². The van der Waals surface area contributed by atoms with E-state index in [0.29, 0.717) is 18.6 Å². The van der Waals surface area contributed by atoms with Crippen LogP contribution in [0.15, 0.2) is 18.2 Å². The van der Waals surface area contributed by atoms with Gasteiger partial charge < -0.3 is 14.7 Å². The van der Waals surface area contributed by atoms with E-state index < -0.39 is 5.82 Å². The van der Waals surface area contributed by atoms with Crippen LogP contribution in [0.5, 0.6) is 0 Å². The fourth-order valence-electron chi connectivity index (χ4n) is 1.76. The van der Waals surface area contributed by atoms with Crippen LogP contribution in [-0.2, 0) is 4.74 Å². The van der Waals surface area contributed by atoms with E-state index in [4.69, 9.17) is 9.84 Å². The zero-order valence-electron chi connectivity index (χ0n) is 12.5. The van der Waals surface area contributed by atoms with Gasteiger partial charge in [0.2, 0.25) is 0 Å². The Balaban J connectivity index is 3.07. The number of ether oxygens (including phenoxy) is 1. The van der Waals surface area contributed by atoms with Crippen LogP contribution in [-0.4, -0.2) is 49.3 Å². The number of carbonyl (C=O) groups excluding carboxylic acids is 1. The first-order valence-corrected chi connectivity index (χ1v) is 6.66. The van der Waals surface area contributed by atoms with Gasteiger partial charge in [-0.25, -0.2) is 4.39 Å². The maximum absolute atomic E-state index is 13.4. The van der Waals surface area contributed by atoms with Gasteiger partial charge in [-0.15, -0.1) is 0 Å². The lowest BCUT2D eigenvalue weighted by molar-refractivity contribution is 0.0633. The maximum Gasteiger partial charge on any atom is 0.255 e. The van der Waals surface area contributed by atoms with Crippen LogP contribution in [0.3, 0.4) is 0 Å². The van der Waals surface area contributed by atoms with Gasteiger partial charge in [0.05, 0.1) is 24.8 Å². The number of aliphatic hydroxyl groups is 1. The van der Waals surface area contributed by atoms with Gasteiger partial charge in [-0.1, -0.05) is 11.8 Å². The molecule has 0 aliphatic rings. The molecule has 1 N–H and O–H groups in total. The summed E-state index contributed by atoms with van der Waals surface area (Å²) in [6, 6.07) is 3.78. The molecule has 0 bridgehead atoms. The summed E-state index contributed by atoms with van der Waals surface area (Å²) >= 11 is 0. The minimum absolute atomic E-state index is 0.0533. The highest BCUT2D eigenvalue weighted by atomic mass is 19.1. The van der Waals surface area contributed by atoms with Gasteiger partial charge in [0, 0.05) is 26.1 Å². The topological polar surface area (TPSA) is 49.8 Å². The second-order valence-electron chi connectivity index (χ2n) is 4.69. The van der Waals surface area contributed by atoms with Gasteiger partial charge in [0.1, 0.15) is 5.82 Å². The van der Waals surface area contributed by atoms with E-state index in [0.717, 1.165) is 0 Å². The van der Waals surface area contributed by atoms with E-state index in [1.807, 2.05) is 6.92 Å². The third-order valence-corrected chi connectivity index (χ3v) is 3.06. The van der Waals surface area contributed by atoms with E-state index in [2.05, 4.69) is 11.8 Å². The van der Waals surface area contributed by atoms with Gasteiger partial charge in [-0.05, 0) is 25.1 Å². The highest BCUT2D eigenvalue weighted by Gasteiger charge is 2.20. The van der Waals surface area contributed by atoms with Crippen molar-refractivity contribution in [1.82, 2.24) is 4.90 Å². The smallest absolute Gasteiger partial charge is 0.255 e. The van der Waals surface area contributed by atoms with Crippen molar-refractivity contribution in [3.8, 4) is 11.8 Å². The predicted octanol–water partition coefficient (Wildman–Crippen LogP) is 1.67. The summed E-state index contributed by atoms with van der Waals surface area (Å²) in [5.41, 5.74) is 0.664. The number of aliphatic hydroxyl groups excluding tert-OH is 1. The lowest BCUT2D eigenvalue weighted by atomic mass is 10.1. The molecule has 1 rings (SSSR count). The third kappa shape index (κ3) is 4.85. The lowest BCUT2D eigenvalue weighted by Crippen LogP contribution is -2.38. The summed E-state index contributed by atoms with van der Waals surface area (Å²) in [6.45, 7) is 2.18. The van der Waals surface area contributed by atoms with Crippen LogP contribution in [0.2, 0.25) is 0 Å². The zero-order chi connectivity index (χ0) is 15.8. The number of hydrogen-bond donors (Lipinski definition) is 1. The Morgan fingerprint density at radius 1 is 1.52 bits per heavy atom. The molecule has 1 amide bonds. The van der Waals surface area contributed by atoms with Crippen molar-refractivity contribution in [2.45, 2.75) is 19.4 Å². The molecule has 1 aromatic rings. The minimum Gasteiger partial charge on any atom is -0.395 e. The molecule has 5 heteroatoms. The lowest BCUT2D eigenvalue weighted by Gasteiger charge is -2.24. The Kier molecular flexibility index (Phi) is 6.86. The number of likely N-dealkylation sites (N-methyl/N-ethyl adjacent to an activating group) is 1. The highest BCUT2D eigenvalue weighted by molar-refractivity contribution is 5.96. The van der Waals surface area contributed by atoms with Gasteiger partial charge in [0.25, 0.3) is 5.91 Å². The van der Waals surface area contributed by atoms with Crippen molar-refractivity contribution in [1.29, 1.82) is 0 Å². The summed E-state index contributed by atoms with van der Waals surface area (Å²) in [7, 11) is 3.20. The van der Waals surface area contributed by atoms with E-state index in [9.17, 15) is 9.18 Å². The molecule has 1 aromatic carbocycles. The Morgan fingerprint density at radius 3 is 2.86 bits per heavy atom. The largest absolute Gasteiger partial charge is 0.395 e. The summed E-state index contributed by atoms with van der Waals surface area (Å²) < 4.78 is 18.4. The first-order chi connectivity index (χ1) is 10.0. The molecule has 21 heavy (non-hydrogen) atoms. The molecule has 1 unspecified atom stereocenters. The molecule has 114 valence electrons. The Morgan fingerprint density at radius 2 is 2.24 bits per heavy atom. The van der Waals surface area contributed by atoms with E-state index in [-0.39, 0.29) is 24.1 Å². The van der Waals surface area contributed by atoms with Crippen molar-refractivity contribution in [3.05, 3.63) is 35.1 Å². The van der Waals surface area contributed by atoms with Crippen LogP contribution in [0.25, 0.3) is 0 Å². The SMILES string of the molecule is COCC(C)N(C)C(=O)c1cc(F)ccc1C#CCCO. The predicted molar refractivity (Wildman–Crippen MR) is 78.4 cm³/mol. The van der Waals surface area contributed by atoms with Gasteiger partial charge >= 0.3 is 0 Å². The summed E-state index contributed by atoms with van der Waals surface area (Å²) in [5.74, 6) is 4.73. The van der Waals surface area contributed by atoms with Crippen molar-refractivity contribution in [2.24, 2.45) is 0 Å². The molecule has 4 nitrogen and oxygen atoms in total. The number of amides is 1. The van der Waals surface area contributed by atoms with Gasteiger partial charge in [-0.2, -0.15) is 0 Å². The second-order valence-corrected chi connectivity index (χ2v) is 4.69. The number of hydrogen-bond acceptors (Lipinski definition) is 3. The van der Waals surface area contributed by atoms with Crippen LogP contribution < -0.4 is 0 Å². The van der Waals surface area contributed by atoms with Gasteiger partial charge in [0.15, 0.2) is 0 Å². The minimum atomic E-state index is -0.487. The molecule has 0 spiro atoms. The number of methoxy groups -OCH3 is 1. The molecule has 0 saturated heterocycles. The highest BCUT2D eigenvalue weighted by Crippen LogP contribution is 2.14. The first-order valence-electron chi connectivity index (χ1n) is 6.66. The molecule has 0 radical (unpaired) electrons. The zero-order valence-corrected chi connectivity index (χ0v) is 12.5. The molecule has 0 saturated carbocycles. The Hall–Kier alpha value is -1.90. The molecule has 0 aliphatic heterocycles. The third-order valence-electron chi connectivity index (χ3n) is 3.06. The average molecular weight is 293 g/mol. The normalized spacial score (nSPS) is 11.5. The number of carbonyl (C=O) groups is 1. The van der Waals surface area contributed by atoms with Crippen molar-refractivity contribution >= 4 is 5.91 Å². The molecule has 0 aliphatic carbocycles. The van der Waals surface area contributed by atoms with Crippen molar-refractivity contribution in [3.63, 3.8) is 0 Å². The molecular weight excluding hydrogens is 273 g/mol. The quantitative estimate of drug-likeness (QED) is 0.840. The van der Waals surface area contributed by atoms with Crippen LogP contribution in [0, 0.1) is 17.7 Å². The monoisotopic (exact) mass is 293 g/mol. The fraction of sp³-hybridized carbons (Fsp3) is 0.438. The molecule has 0 heterocycles. The first kappa shape index (κ1) is 17.2. The van der Waals surface area contributed by atoms with Crippen molar-refractivity contribution < 1.29 is 19.0 Å². The Labute approximate surface area is 124 Å². The van der Waals surface area contributed by atoms with E-state index >= 15 is 0 Å². The molecular formula is C16H20FNO3. The van der Waals surface area contributed by atoms with E-state index in [1.54, 1.807) is 14.2 Å². The summed E-state index contributed by atoms with van der Waals surface area (Å²) in [4.78, 5) is 13.9. The van der Waals surface area contributed by atoms with Crippen LogP contribution >= 0.6 is 0 Å².